The van der Waals surface area contributed by atoms with Gasteiger partial charge in [0.25, 0.3) is 5.91 Å². The average molecular weight is 402 g/mol. The van der Waals surface area contributed by atoms with Gasteiger partial charge in [0.15, 0.2) is 0 Å². The number of rotatable bonds is 4. The number of carbonyl (C=O) groups is 2. The predicted octanol–water partition coefficient (Wildman–Crippen LogP) is 2.99. The van der Waals surface area contributed by atoms with E-state index in [0.29, 0.717) is 16.5 Å². The fourth-order valence-electron chi connectivity index (χ4n) is 3.57. The summed E-state index contributed by atoms with van der Waals surface area (Å²) in [7, 11) is 0. The molecule has 2 amide bonds. The highest BCUT2D eigenvalue weighted by Crippen LogP contribution is 2.39. The molecule has 0 radical (unpaired) electrons. The second-order valence-electron chi connectivity index (χ2n) is 6.89. The van der Waals surface area contributed by atoms with Gasteiger partial charge in [-0.25, -0.2) is 0 Å². The first-order valence-electron chi connectivity index (χ1n) is 8.76. The molecule has 1 aliphatic rings. The van der Waals surface area contributed by atoms with Crippen LogP contribution in [0.1, 0.15) is 34.1 Å². The molecule has 27 heavy (non-hydrogen) atoms. The van der Waals surface area contributed by atoms with Crippen LogP contribution in [0.4, 0.5) is 5.00 Å². The number of nitrogens with two attached hydrogens (primary N) is 1. The van der Waals surface area contributed by atoms with Crippen LogP contribution in [0.2, 0.25) is 0 Å². The number of hydrogen-bond donors (Lipinski definition) is 2. The highest BCUT2D eigenvalue weighted by molar-refractivity contribution is 7.17. The highest BCUT2D eigenvalue weighted by Gasteiger charge is 2.27. The summed E-state index contributed by atoms with van der Waals surface area (Å²) in [5, 5.41) is 3.32. The Kier molecular flexibility index (Phi) is 4.61. The lowest BCUT2D eigenvalue weighted by Crippen LogP contribution is -2.25. The number of nitrogens with one attached hydrogen (secondary N) is 1. The molecule has 0 unspecified atom stereocenters. The lowest BCUT2D eigenvalue weighted by Gasteiger charge is -2.18. The minimum Gasteiger partial charge on any atom is -0.365 e. The fourth-order valence-corrected chi connectivity index (χ4v) is 5.90. The second-order valence-corrected chi connectivity index (χ2v) is 8.99. The molecular weight excluding hydrogens is 382 g/mol. The third kappa shape index (κ3) is 3.30. The predicted molar refractivity (Wildman–Crippen MR) is 109 cm³/mol. The molecule has 1 atom stereocenters. The zero-order valence-electron chi connectivity index (χ0n) is 14.8. The van der Waals surface area contributed by atoms with Gasteiger partial charge in [0, 0.05) is 4.88 Å². The van der Waals surface area contributed by atoms with E-state index in [9.17, 15) is 14.4 Å². The smallest absolute Gasteiger partial charge is 0.308 e. The molecule has 3 N–H and O–H groups in total. The van der Waals surface area contributed by atoms with E-state index in [0.717, 1.165) is 51.3 Å². The standard InChI is InChI=1S/C19H19N3O3S2/c1-10-6-7-11-14(8-10)26-18(16(11)17(20)24)21-15(23)9-22-12-4-2-3-5-13(12)27-19(22)25/h2-5,10H,6-9H2,1H3,(H2,20,24)(H,21,23)/t10-/m1/s1. The molecule has 2 aromatic heterocycles. The Labute approximate surface area is 163 Å². The molecule has 0 bridgehead atoms. The van der Waals surface area contributed by atoms with Crippen molar-refractivity contribution in [2.24, 2.45) is 11.7 Å². The number of thiazole rings is 1. The number of anilines is 1. The normalized spacial score (nSPS) is 16.3. The van der Waals surface area contributed by atoms with Crippen molar-refractivity contribution < 1.29 is 9.59 Å². The lowest BCUT2D eigenvalue weighted by atomic mass is 9.88. The summed E-state index contributed by atoms with van der Waals surface area (Å²) in [6.07, 6.45) is 2.70. The van der Waals surface area contributed by atoms with Crippen molar-refractivity contribution in [3.05, 3.63) is 49.9 Å². The SMILES string of the molecule is C[C@@H]1CCc2c(sc(NC(=O)Cn3c(=O)sc4ccccc43)c2C(N)=O)C1. The highest BCUT2D eigenvalue weighted by atomic mass is 32.1. The molecule has 2 heterocycles. The Bertz CT molecular complexity index is 1110. The number of fused-ring (bicyclic) bond motifs is 2. The molecule has 6 nitrogen and oxygen atoms in total. The van der Waals surface area contributed by atoms with Gasteiger partial charge < -0.3 is 11.1 Å². The molecule has 8 heteroatoms. The van der Waals surface area contributed by atoms with E-state index >= 15 is 0 Å². The molecule has 1 aliphatic carbocycles. The van der Waals surface area contributed by atoms with E-state index < -0.39 is 5.91 Å². The topological polar surface area (TPSA) is 94.2 Å². The summed E-state index contributed by atoms with van der Waals surface area (Å²) < 4.78 is 2.29. The van der Waals surface area contributed by atoms with Crippen LogP contribution < -0.4 is 15.9 Å². The maximum Gasteiger partial charge on any atom is 0.308 e. The van der Waals surface area contributed by atoms with Crippen LogP contribution in [-0.4, -0.2) is 16.4 Å². The summed E-state index contributed by atoms with van der Waals surface area (Å²) in [6, 6.07) is 7.37. The molecular formula is C19H19N3O3S2. The van der Waals surface area contributed by atoms with Crippen molar-refractivity contribution in [3.63, 3.8) is 0 Å². The van der Waals surface area contributed by atoms with Crippen molar-refractivity contribution in [2.75, 3.05) is 5.32 Å². The fraction of sp³-hybridized carbons (Fsp3) is 0.316. The van der Waals surface area contributed by atoms with Crippen LogP contribution in [0.3, 0.4) is 0 Å². The van der Waals surface area contributed by atoms with Gasteiger partial charge in [-0.05, 0) is 42.9 Å². The van der Waals surface area contributed by atoms with Gasteiger partial charge >= 0.3 is 4.87 Å². The Morgan fingerprint density at radius 3 is 2.85 bits per heavy atom. The van der Waals surface area contributed by atoms with Gasteiger partial charge in [-0.3, -0.25) is 19.0 Å². The molecule has 0 fully saturated rings. The van der Waals surface area contributed by atoms with E-state index in [2.05, 4.69) is 12.2 Å². The monoisotopic (exact) mass is 401 g/mol. The number of para-hydroxylation sites is 1. The van der Waals surface area contributed by atoms with E-state index in [1.54, 1.807) is 0 Å². The molecule has 0 spiro atoms. The van der Waals surface area contributed by atoms with Crippen molar-refractivity contribution in [3.8, 4) is 0 Å². The third-order valence-corrected chi connectivity index (χ3v) is 7.02. The number of primary amides is 1. The Hall–Kier alpha value is -2.45. The van der Waals surface area contributed by atoms with Crippen molar-refractivity contribution >= 4 is 49.7 Å². The first-order chi connectivity index (χ1) is 12.9. The quantitative estimate of drug-likeness (QED) is 0.704. The molecule has 0 saturated heterocycles. The summed E-state index contributed by atoms with van der Waals surface area (Å²) in [5.41, 5.74) is 7.72. The van der Waals surface area contributed by atoms with Crippen LogP contribution in [0.15, 0.2) is 29.1 Å². The first-order valence-corrected chi connectivity index (χ1v) is 10.4. The minimum atomic E-state index is -0.518. The number of carbonyl (C=O) groups excluding carboxylic acids is 2. The molecule has 140 valence electrons. The number of benzene rings is 1. The molecule has 4 rings (SSSR count). The largest absolute Gasteiger partial charge is 0.365 e. The Morgan fingerprint density at radius 1 is 1.30 bits per heavy atom. The molecule has 0 aliphatic heterocycles. The van der Waals surface area contributed by atoms with Crippen molar-refractivity contribution in [2.45, 2.75) is 32.7 Å². The van der Waals surface area contributed by atoms with Crippen LogP contribution in [0.5, 0.6) is 0 Å². The summed E-state index contributed by atoms with van der Waals surface area (Å²) in [5.74, 6) is -0.304. The number of hydrogen-bond acceptors (Lipinski definition) is 5. The van der Waals surface area contributed by atoms with Gasteiger partial charge in [0.1, 0.15) is 11.5 Å². The number of aromatic nitrogens is 1. The summed E-state index contributed by atoms with van der Waals surface area (Å²) in [6.45, 7) is 2.08. The maximum absolute atomic E-state index is 12.6. The minimum absolute atomic E-state index is 0.0972. The third-order valence-electron chi connectivity index (χ3n) is 4.89. The van der Waals surface area contributed by atoms with E-state index in [-0.39, 0.29) is 17.3 Å². The van der Waals surface area contributed by atoms with Crippen LogP contribution in [0.25, 0.3) is 10.2 Å². The van der Waals surface area contributed by atoms with Crippen LogP contribution in [0, 0.1) is 5.92 Å². The van der Waals surface area contributed by atoms with Crippen LogP contribution >= 0.6 is 22.7 Å². The number of amides is 2. The summed E-state index contributed by atoms with van der Waals surface area (Å²) >= 11 is 2.54. The molecule has 3 aromatic rings. The zero-order valence-corrected chi connectivity index (χ0v) is 16.4. The van der Waals surface area contributed by atoms with E-state index in [1.807, 2.05) is 24.3 Å². The Morgan fingerprint density at radius 2 is 2.07 bits per heavy atom. The Balaban J connectivity index is 1.62. The zero-order chi connectivity index (χ0) is 19.1. The molecule has 0 saturated carbocycles. The van der Waals surface area contributed by atoms with Gasteiger partial charge in [0.05, 0.1) is 15.8 Å². The average Bonchev–Trinajstić information content (AvgIpc) is 3.11. The van der Waals surface area contributed by atoms with Gasteiger partial charge in [-0.15, -0.1) is 11.3 Å². The first kappa shape index (κ1) is 17.9. The maximum atomic E-state index is 12.6. The summed E-state index contributed by atoms with van der Waals surface area (Å²) in [4.78, 5) is 37.8. The number of nitrogens with zero attached hydrogens (tertiary/aromatic N) is 1. The second kappa shape index (κ2) is 6.94. The van der Waals surface area contributed by atoms with E-state index in [4.69, 9.17) is 5.73 Å². The molecule has 1 aromatic carbocycles. The van der Waals surface area contributed by atoms with Gasteiger partial charge in [-0.1, -0.05) is 30.4 Å². The number of thiophene rings is 1. The lowest BCUT2D eigenvalue weighted by molar-refractivity contribution is -0.116. The van der Waals surface area contributed by atoms with Crippen molar-refractivity contribution in [1.82, 2.24) is 4.57 Å². The van der Waals surface area contributed by atoms with Gasteiger partial charge in [-0.2, -0.15) is 0 Å². The van der Waals surface area contributed by atoms with Crippen molar-refractivity contribution in [1.29, 1.82) is 0 Å². The van der Waals surface area contributed by atoms with Crippen LogP contribution in [-0.2, 0) is 24.2 Å². The van der Waals surface area contributed by atoms with E-state index in [1.165, 1.54) is 15.9 Å². The van der Waals surface area contributed by atoms with Gasteiger partial charge in [0.2, 0.25) is 5.91 Å².